The molecule has 1 atom stereocenters. The Morgan fingerprint density at radius 1 is 1.27 bits per heavy atom. The van der Waals surface area contributed by atoms with Gasteiger partial charge in [-0.2, -0.15) is 0 Å². The molecule has 1 N–H and O–H groups in total. The molecule has 0 spiro atoms. The van der Waals surface area contributed by atoms with Gasteiger partial charge in [-0.25, -0.2) is 0 Å². The Morgan fingerprint density at radius 3 is 2.81 bits per heavy atom. The zero-order chi connectivity index (χ0) is 17.5. The van der Waals surface area contributed by atoms with Crippen LogP contribution in [0.25, 0.3) is 0 Å². The second-order valence-electron chi connectivity index (χ2n) is 8.02. The Balaban J connectivity index is 0.00000243. The summed E-state index contributed by atoms with van der Waals surface area (Å²) in [5.41, 5.74) is 1.53. The summed E-state index contributed by atoms with van der Waals surface area (Å²) in [6.45, 7) is 6.33. The normalized spacial score (nSPS) is 22.3. The minimum absolute atomic E-state index is 0. The lowest BCUT2D eigenvalue weighted by Crippen LogP contribution is -2.49. The predicted molar refractivity (Wildman–Crippen MR) is 109 cm³/mol. The number of halogens is 1. The van der Waals surface area contributed by atoms with Crippen molar-refractivity contribution < 1.29 is 9.47 Å². The monoisotopic (exact) mass is 382 g/mol. The van der Waals surface area contributed by atoms with Gasteiger partial charge in [-0.3, -0.25) is 0 Å². The topological polar surface area (TPSA) is 33.7 Å². The van der Waals surface area contributed by atoms with Gasteiger partial charge < -0.3 is 19.7 Å². The van der Waals surface area contributed by atoms with Crippen LogP contribution in [0.1, 0.15) is 37.7 Å². The molecule has 1 aromatic rings. The highest BCUT2D eigenvalue weighted by Gasteiger charge is 2.40. The average Bonchev–Trinajstić information content (AvgIpc) is 2.58. The first kappa shape index (κ1) is 21.5. The van der Waals surface area contributed by atoms with Gasteiger partial charge in [0.15, 0.2) is 0 Å². The van der Waals surface area contributed by atoms with Gasteiger partial charge >= 0.3 is 0 Å². The molecule has 26 heavy (non-hydrogen) atoms. The van der Waals surface area contributed by atoms with Crippen LogP contribution in [0.5, 0.6) is 5.75 Å². The van der Waals surface area contributed by atoms with E-state index in [2.05, 4.69) is 41.5 Å². The zero-order valence-corrected chi connectivity index (χ0v) is 17.2. The number of hydrogen-bond donors (Lipinski definition) is 1. The molecule has 5 heteroatoms. The smallest absolute Gasteiger partial charge is 0.119 e. The van der Waals surface area contributed by atoms with E-state index in [0.29, 0.717) is 12.0 Å². The van der Waals surface area contributed by atoms with Crippen LogP contribution < -0.4 is 10.1 Å². The van der Waals surface area contributed by atoms with Crippen LogP contribution in [0.15, 0.2) is 24.3 Å². The van der Waals surface area contributed by atoms with E-state index in [0.717, 1.165) is 24.8 Å². The summed E-state index contributed by atoms with van der Waals surface area (Å²) in [6.07, 6.45) is 6.66. The third-order valence-electron chi connectivity index (χ3n) is 5.82. The number of benzene rings is 1. The lowest BCUT2D eigenvalue weighted by molar-refractivity contribution is 0.00514. The molecule has 1 aliphatic heterocycles. The fourth-order valence-corrected chi connectivity index (χ4v) is 4.38. The lowest BCUT2D eigenvalue weighted by atomic mass is 9.68. The van der Waals surface area contributed by atoms with Gasteiger partial charge in [0.05, 0.1) is 13.2 Å². The molecule has 0 amide bonds. The SMILES string of the molecule is CNCC1CCCN(CC2(COc3cccc(COC)c3)CCC2)C1.Cl. The number of ether oxygens (including phenoxy) is 2. The second-order valence-corrected chi connectivity index (χ2v) is 8.02. The highest BCUT2D eigenvalue weighted by molar-refractivity contribution is 5.85. The van der Waals surface area contributed by atoms with Crippen LogP contribution in [0.2, 0.25) is 0 Å². The Bertz CT molecular complexity index is 534. The standard InChI is InChI=1S/C21H34N2O2.ClH/c1-22-13-19-7-4-11-23(14-19)16-21(9-5-10-21)17-25-20-8-3-6-18(12-20)15-24-2;/h3,6,8,12,19,22H,4-5,7,9-11,13-17H2,1-2H3;1H. The van der Waals surface area contributed by atoms with Gasteiger partial charge in [0, 0.05) is 25.6 Å². The van der Waals surface area contributed by atoms with Crippen molar-refractivity contribution in [3.8, 4) is 5.75 Å². The molecule has 0 radical (unpaired) electrons. The number of likely N-dealkylation sites (tertiary alicyclic amines) is 1. The third-order valence-corrected chi connectivity index (χ3v) is 5.82. The largest absolute Gasteiger partial charge is 0.493 e. The molecule has 3 rings (SSSR count). The van der Waals surface area contributed by atoms with Gasteiger partial charge in [0.1, 0.15) is 5.75 Å². The minimum atomic E-state index is 0. The van der Waals surface area contributed by atoms with Gasteiger partial charge in [-0.1, -0.05) is 18.6 Å². The van der Waals surface area contributed by atoms with E-state index in [-0.39, 0.29) is 12.4 Å². The van der Waals surface area contributed by atoms with Crippen LogP contribution in [0, 0.1) is 11.3 Å². The van der Waals surface area contributed by atoms with E-state index < -0.39 is 0 Å². The molecule has 1 saturated heterocycles. The summed E-state index contributed by atoms with van der Waals surface area (Å²) in [5, 5.41) is 3.35. The number of piperidine rings is 1. The summed E-state index contributed by atoms with van der Waals surface area (Å²) in [4.78, 5) is 2.69. The zero-order valence-electron chi connectivity index (χ0n) is 16.3. The number of methoxy groups -OCH3 is 1. The summed E-state index contributed by atoms with van der Waals surface area (Å²) < 4.78 is 11.4. The van der Waals surface area contributed by atoms with E-state index in [1.165, 1.54) is 57.3 Å². The maximum Gasteiger partial charge on any atom is 0.119 e. The molecule has 4 nitrogen and oxygen atoms in total. The van der Waals surface area contributed by atoms with E-state index in [1.807, 2.05) is 0 Å². The highest BCUT2D eigenvalue weighted by atomic mass is 35.5. The predicted octanol–water partition coefficient (Wildman–Crippen LogP) is 3.74. The van der Waals surface area contributed by atoms with Crippen molar-refractivity contribution >= 4 is 12.4 Å². The number of nitrogens with one attached hydrogen (secondary N) is 1. The van der Waals surface area contributed by atoms with Gasteiger partial charge in [-0.15, -0.1) is 12.4 Å². The minimum Gasteiger partial charge on any atom is -0.493 e. The summed E-state index contributed by atoms with van der Waals surface area (Å²) >= 11 is 0. The van der Waals surface area contributed by atoms with E-state index in [4.69, 9.17) is 9.47 Å². The fraction of sp³-hybridized carbons (Fsp3) is 0.714. The van der Waals surface area contributed by atoms with Crippen molar-refractivity contribution in [3.63, 3.8) is 0 Å². The molecule has 0 aromatic heterocycles. The molecule has 2 aliphatic rings. The first-order chi connectivity index (χ1) is 12.2. The second kappa shape index (κ2) is 10.5. The van der Waals surface area contributed by atoms with Crippen LogP contribution in [-0.4, -0.2) is 51.8 Å². The van der Waals surface area contributed by atoms with Crippen molar-refractivity contribution in [1.82, 2.24) is 10.2 Å². The number of nitrogens with zero attached hydrogens (tertiary/aromatic N) is 1. The molecule has 1 aliphatic carbocycles. The Morgan fingerprint density at radius 2 is 2.12 bits per heavy atom. The van der Waals surface area contributed by atoms with Crippen molar-refractivity contribution in [1.29, 1.82) is 0 Å². The molecule has 2 fully saturated rings. The van der Waals surface area contributed by atoms with Crippen molar-refractivity contribution in [2.24, 2.45) is 11.3 Å². The van der Waals surface area contributed by atoms with E-state index >= 15 is 0 Å². The maximum atomic E-state index is 6.22. The molecular formula is C21H35ClN2O2. The average molecular weight is 383 g/mol. The lowest BCUT2D eigenvalue weighted by Gasteiger charge is -2.46. The highest BCUT2D eigenvalue weighted by Crippen LogP contribution is 2.42. The molecule has 1 aromatic carbocycles. The molecular weight excluding hydrogens is 348 g/mol. The number of rotatable bonds is 9. The van der Waals surface area contributed by atoms with Crippen LogP contribution in [-0.2, 0) is 11.3 Å². The quantitative estimate of drug-likeness (QED) is 0.705. The summed E-state index contributed by atoms with van der Waals surface area (Å²) in [5.74, 6) is 1.79. The molecule has 1 unspecified atom stereocenters. The fourth-order valence-electron chi connectivity index (χ4n) is 4.38. The first-order valence-corrected chi connectivity index (χ1v) is 9.81. The Hall–Kier alpha value is -0.810. The Kier molecular flexibility index (Phi) is 8.68. The van der Waals surface area contributed by atoms with Crippen LogP contribution >= 0.6 is 12.4 Å². The third kappa shape index (κ3) is 5.85. The molecule has 1 saturated carbocycles. The first-order valence-electron chi connectivity index (χ1n) is 9.81. The van der Waals surface area contributed by atoms with Crippen LogP contribution in [0.4, 0.5) is 0 Å². The van der Waals surface area contributed by atoms with E-state index in [9.17, 15) is 0 Å². The van der Waals surface area contributed by atoms with Gasteiger partial charge in [-0.05, 0) is 69.4 Å². The van der Waals surface area contributed by atoms with Gasteiger partial charge in [0.2, 0.25) is 0 Å². The van der Waals surface area contributed by atoms with Crippen LogP contribution in [0.3, 0.4) is 0 Å². The van der Waals surface area contributed by atoms with Gasteiger partial charge in [0.25, 0.3) is 0 Å². The summed E-state index contributed by atoms with van der Waals surface area (Å²) in [6, 6.07) is 8.32. The Labute approximate surface area is 165 Å². The van der Waals surface area contributed by atoms with Crippen molar-refractivity contribution in [2.75, 3.05) is 46.9 Å². The number of hydrogen-bond acceptors (Lipinski definition) is 4. The molecule has 1 heterocycles. The van der Waals surface area contributed by atoms with Crippen molar-refractivity contribution in [3.05, 3.63) is 29.8 Å². The summed E-state index contributed by atoms with van der Waals surface area (Å²) in [7, 11) is 3.80. The maximum absolute atomic E-state index is 6.22. The van der Waals surface area contributed by atoms with Crippen molar-refractivity contribution in [2.45, 2.75) is 38.7 Å². The molecule has 148 valence electrons. The molecule has 0 bridgehead atoms. The van der Waals surface area contributed by atoms with E-state index in [1.54, 1.807) is 7.11 Å².